The molecule has 0 aliphatic heterocycles. The van der Waals surface area contributed by atoms with Crippen LogP contribution in [-0.2, 0) is 0 Å². The molecule has 88 valence electrons. The molecular weight excluding hydrogens is 240 g/mol. The summed E-state index contributed by atoms with van der Waals surface area (Å²) < 4.78 is 51.8. The molecule has 0 aliphatic rings. The molecule has 7 heteroatoms. The molecule has 0 unspecified atom stereocenters. The zero-order valence-corrected chi connectivity index (χ0v) is 8.10. The van der Waals surface area contributed by atoms with Crippen LogP contribution in [0.15, 0.2) is 23.0 Å². The van der Waals surface area contributed by atoms with Crippen molar-refractivity contribution in [1.29, 1.82) is 0 Å². The molecule has 0 bridgehead atoms. The molecule has 2 aromatic rings. The summed E-state index contributed by atoms with van der Waals surface area (Å²) in [5, 5.41) is 5.36. The predicted octanol–water partition coefficient (Wildman–Crippen LogP) is 1.99. The van der Waals surface area contributed by atoms with E-state index in [2.05, 4.69) is 5.10 Å². The van der Waals surface area contributed by atoms with Gasteiger partial charge in [0, 0.05) is 11.6 Å². The molecule has 0 radical (unpaired) electrons. The van der Waals surface area contributed by atoms with E-state index in [0.717, 1.165) is 12.1 Å². The standard InChI is InChI=1S/C10H4F4N2O/c11-5-3-4(8(12)10(14)9(5)13)6-1-2-7(17)16-15-6/h1-3H,(H,16,17). The molecule has 0 fully saturated rings. The number of benzene rings is 1. The van der Waals surface area contributed by atoms with E-state index in [9.17, 15) is 22.4 Å². The summed E-state index contributed by atoms with van der Waals surface area (Å²) in [6.45, 7) is 0. The normalized spacial score (nSPS) is 10.6. The van der Waals surface area contributed by atoms with Gasteiger partial charge in [-0.2, -0.15) is 5.10 Å². The number of nitrogens with one attached hydrogen (secondary N) is 1. The van der Waals surface area contributed by atoms with E-state index >= 15 is 0 Å². The Kier molecular flexibility index (Phi) is 2.66. The highest BCUT2D eigenvalue weighted by molar-refractivity contribution is 5.59. The van der Waals surface area contributed by atoms with Gasteiger partial charge in [0.1, 0.15) is 0 Å². The Morgan fingerprint density at radius 2 is 1.71 bits per heavy atom. The largest absolute Gasteiger partial charge is 0.268 e. The molecule has 3 nitrogen and oxygen atoms in total. The Balaban J connectivity index is 2.68. The van der Waals surface area contributed by atoms with E-state index in [0.29, 0.717) is 6.07 Å². The van der Waals surface area contributed by atoms with Crippen LogP contribution in [0.2, 0.25) is 0 Å². The van der Waals surface area contributed by atoms with E-state index in [1.807, 2.05) is 5.10 Å². The zero-order valence-electron chi connectivity index (χ0n) is 8.10. The Morgan fingerprint density at radius 1 is 1.00 bits per heavy atom. The average Bonchev–Trinajstić information content (AvgIpc) is 2.32. The number of aromatic amines is 1. The molecular formula is C10H4F4N2O. The predicted molar refractivity (Wildman–Crippen MR) is 50.1 cm³/mol. The van der Waals surface area contributed by atoms with Crippen LogP contribution < -0.4 is 5.56 Å². The minimum absolute atomic E-state index is 0.208. The van der Waals surface area contributed by atoms with Gasteiger partial charge in [-0.25, -0.2) is 22.7 Å². The van der Waals surface area contributed by atoms with Crippen LogP contribution in [0.3, 0.4) is 0 Å². The highest BCUT2D eigenvalue weighted by Gasteiger charge is 2.20. The van der Waals surface area contributed by atoms with E-state index in [1.165, 1.54) is 0 Å². The Bertz CT molecular complexity index is 618. The topological polar surface area (TPSA) is 45.8 Å². The Hall–Kier alpha value is -2.18. The van der Waals surface area contributed by atoms with Gasteiger partial charge >= 0.3 is 0 Å². The third-order valence-electron chi connectivity index (χ3n) is 2.06. The van der Waals surface area contributed by atoms with Gasteiger partial charge in [-0.05, 0) is 12.1 Å². The first-order chi connectivity index (χ1) is 8.00. The van der Waals surface area contributed by atoms with Crippen LogP contribution in [0.5, 0.6) is 0 Å². The lowest BCUT2D eigenvalue weighted by atomic mass is 10.1. The van der Waals surface area contributed by atoms with Crippen molar-refractivity contribution >= 4 is 0 Å². The van der Waals surface area contributed by atoms with Gasteiger partial charge in [-0.15, -0.1) is 0 Å². The molecule has 0 aliphatic carbocycles. The van der Waals surface area contributed by atoms with Crippen molar-refractivity contribution in [3.8, 4) is 11.3 Å². The number of hydrogen-bond acceptors (Lipinski definition) is 2. The summed E-state index contributed by atoms with van der Waals surface area (Å²) in [6, 6.07) is 2.53. The highest BCUT2D eigenvalue weighted by Crippen LogP contribution is 2.25. The fourth-order valence-corrected chi connectivity index (χ4v) is 1.25. The van der Waals surface area contributed by atoms with Gasteiger partial charge in [0.2, 0.25) is 0 Å². The molecule has 0 amide bonds. The van der Waals surface area contributed by atoms with Crippen LogP contribution in [0.4, 0.5) is 17.6 Å². The van der Waals surface area contributed by atoms with Crippen LogP contribution in [0.1, 0.15) is 0 Å². The third-order valence-corrected chi connectivity index (χ3v) is 2.06. The van der Waals surface area contributed by atoms with Crippen LogP contribution in [0, 0.1) is 23.3 Å². The summed E-state index contributed by atoms with van der Waals surface area (Å²) in [7, 11) is 0. The molecule has 1 aromatic heterocycles. The first-order valence-corrected chi connectivity index (χ1v) is 4.40. The van der Waals surface area contributed by atoms with Crippen LogP contribution in [0.25, 0.3) is 11.3 Å². The number of nitrogens with zero attached hydrogens (tertiary/aromatic N) is 1. The molecule has 0 atom stereocenters. The van der Waals surface area contributed by atoms with E-state index < -0.39 is 34.4 Å². The Morgan fingerprint density at radius 3 is 2.29 bits per heavy atom. The molecule has 0 spiro atoms. The second-order valence-corrected chi connectivity index (χ2v) is 3.15. The average molecular weight is 244 g/mol. The SMILES string of the molecule is O=c1ccc(-c2cc(F)c(F)c(F)c2F)n[nH]1. The number of rotatable bonds is 1. The van der Waals surface area contributed by atoms with Gasteiger partial charge in [-0.1, -0.05) is 0 Å². The number of H-pyrrole nitrogens is 1. The zero-order chi connectivity index (χ0) is 12.6. The monoisotopic (exact) mass is 244 g/mol. The smallest absolute Gasteiger partial charge is 0.264 e. The van der Waals surface area contributed by atoms with Gasteiger partial charge in [0.05, 0.1) is 5.69 Å². The second kappa shape index (κ2) is 4.00. The van der Waals surface area contributed by atoms with Crippen molar-refractivity contribution in [2.24, 2.45) is 0 Å². The van der Waals surface area contributed by atoms with Crippen LogP contribution in [-0.4, -0.2) is 10.2 Å². The maximum absolute atomic E-state index is 13.3. The molecule has 1 aromatic carbocycles. The van der Waals surface area contributed by atoms with Gasteiger partial charge < -0.3 is 0 Å². The number of halogens is 4. The number of aromatic nitrogens is 2. The van der Waals surface area contributed by atoms with Gasteiger partial charge in [0.25, 0.3) is 5.56 Å². The van der Waals surface area contributed by atoms with Gasteiger partial charge in [-0.3, -0.25) is 4.79 Å². The molecule has 17 heavy (non-hydrogen) atoms. The molecule has 0 saturated heterocycles. The summed E-state index contributed by atoms with van der Waals surface area (Å²) in [5.74, 6) is -6.92. The van der Waals surface area contributed by atoms with Gasteiger partial charge in [0.15, 0.2) is 23.3 Å². The quantitative estimate of drug-likeness (QED) is 0.473. The van der Waals surface area contributed by atoms with Crippen molar-refractivity contribution in [2.45, 2.75) is 0 Å². The van der Waals surface area contributed by atoms with Crippen molar-refractivity contribution in [3.63, 3.8) is 0 Å². The first kappa shape index (κ1) is 11.3. The highest BCUT2D eigenvalue weighted by atomic mass is 19.2. The minimum atomic E-state index is -1.92. The number of hydrogen-bond donors (Lipinski definition) is 1. The van der Waals surface area contributed by atoms with Crippen molar-refractivity contribution in [2.75, 3.05) is 0 Å². The lowest BCUT2D eigenvalue weighted by Gasteiger charge is -2.04. The summed E-state index contributed by atoms with van der Waals surface area (Å²) in [5.41, 5.74) is -1.34. The third kappa shape index (κ3) is 1.91. The summed E-state index contributed by atoms with van der Waals surface area (Å²) in [4.78, 5) is 10.7. The fourth-order valence-electron chi connectivity index (χ4n) is 1.25. The molecule has 1 N–H and O–H groups in total. The van der Waals surface area contributed by atoms with E-state index in [1.54, 1.807) is 0 Å². The maximum atomic E-state index is 13.3. The van der Waals surface area contributed by atoms with Crippen molar-refractivity contribution in [1.82, 2.24) is 10.2 Å². The first-order valence-electron chi connectivity index (χ1n) is 4.40. The fraction of sp³-hybridized carbons (Fsp3) is 0. The lowest BCUT2D eigenvalue weighted by Crippen LogP contribution is -2.07. The molecule has 2 rings (SSSR count). The summed E-state index contributed by atoms with van der Waals surface area (Å²) >= 11 is 0. The molecule has 1 heterocycles. The maximum Gasteiger partial charge on any atom is 0.264 e. The minimum Gasteiger partial charge on any atom is -0.268 e. The van der Waals surface area contributed by atoms with Crippen LogP contribution >= 0.6 is 0 Å². The van der Waals surface area contributed by atoms with E-state index in [-0.39, 0.29) is 5.69 Å². The second-order valence-electron chi connectivity index (χ2n) is 3.15. The molecule has 0 saturated carbocycles. The lowest BCUT2D eigenvalue weighted by molar-refractivity contribution is 0.410. The van der Waals surface area contributed by atoms with E-state index in [4.69, 9.17) is 0 Å². The van der Waals surface area contributed by atoms with Crippen molar-refractivity contribution in [3.05, 3.63) is 51.8 Å². The Labute approximate surface area is 91.7 Å². The summed E-state index contributed by atoms with van der Waals surface area (Å²) in [6.07, 6.45) is 0. The van der Waals surface area contributed by atoms with Crippen molar-refractivity contribution < 1.29 is 17.6 Å².